The number of nitrogens with two attached hydrogens (primary N) is 1. The van der Waals surface area contributed by atoms with E-state index in [1.807, 2.05) is 48.7 Å². The minimum Gasteiger partial charge on any atom is -0.445 e. The molecule has 8 nitrogen and oxygen atoms in total. The molecule has 0 unspecified atom stereocenters. The number of nitrogens with one attached hydrogen (secondary N) is 2. The van der Waals surface area contributed by atoms with Gasteiger partial charge in [-0.2, -0.15) is 0 Å². The average molecular weight is 495 g/mol. The summed E-state index contributed by atoms with van der Waals surface area (Å²) in [5.74, 6) is 2.23. The number of rotatable bonds is 6. The fourth-order valence-electron chi connectivity index (χ4n) is 5.39. The van der Waals surface area contributed by atoms with Gasteiger partial charge in [0.2, 0.25) is 0 Å². The zero-order valence-corrected chi connectivity index (χ0v) is 20.6. The van der Waals surface area contributed by atoms with Gasteiger partial charge in [0.05, 0.1) is 5.69 Å². The highest BCUT2D eigenvalue weighted by atomic mass is 16.5. The Morgan fingerprint density at radius 1 is 1.08 bits per heavy atom. The number of aromatic nitrogens is 4. The molecule has 2 aromatic carbocycles. The van der Waals surface area contributed by atoms with Gasteiger partial charge in [0.15, 0.2) is 0 Å². The van der Waals surface area contributed by atoms with Gasteiger partial charge in [-0.25, -0.2) is 14.8 Å². The first-order valence-electron chi connectivity index (χ1n) is 12.8. The van der Waals surface area contributed by atoms with Crippen molar-refractivity contribution in [1.29, 1.82) is 0 Å². The van der Waals surface area contributed by atoms with E-state index < -0.39 is 0 Å². The topological polar surface area (TPSA) is 110 Å². The van der Waals surface area contributed by atoms with Gasteiger partial charge in [0.1, 0.15) is 29.5 Å². The van der Waals surface area contributed by atoms with Crippen molar-refractivity contribution in [3.05, 3.63) is 84.4 Å². The number of amides is 1. The summed E-state index contributed by atoms with van der Waals surface area (Å²) in [6, 6.07) is 20.0. The first-order chi connectivity index (χ1) is 18.2. The van der Waals surface area contributed by atoms with Crippen molar-refractivity contribution in [2.75, 3.05) is 12.3 Å². The molecule has 1 aliphatic carbocycles. The molecule has 188 valence electrons. The molecule has 1 amide bonds. The van der Waals surface area contributed by atoms with Crippen molar-refractivity contribution < 1.29 is 9.53 Å². The van der Waals surface area contributed by atoms with Gasteiger partial charge in [0.25, 0.3) is 0 Å². The Morgan fingerprint density at radius 3 is 2.68 bits per heavy atom. The maximum atomic E-state index is 12.2. The number of fused-ring (bicyclic) bond motifs is 2. The van der Waals surface area contributed by atoms with Crippen LogP contribution in [0.4, 0.5) is 10.6 Å². The fourth-order valence-corrected chi connectivity index (χ4v) is 5.39. The minimum atomic E-state index is -0.365. The summed E-state index contributed by atoms with van der Waals surface area (Å²) in [5, 5.41) is 4.08. The number of nitrogen functional groups attached to an aromatic ring is 1. The molecule has 1 aliphatic rings. The van der Waals surface area contributed by atoms with Crippen LogP contribution >= 0.6 is 0 Å². The number of anilines is 1. The lowest BCUT2D eigenvalue weighted by atomic mass is 9.81. The average Bonchev–Trinajstić information content (AvgIpc) is 3.54. The van der Waals surface area contributed by atoms with Crippen LogP contribution in [0.25, 0.3) is 27.8 Å². The van der Waals surface area contributed by atoms with Crippen LogP contribution < -0.4 is 11.1 Å². The van der Waals surface area contributed by atoms with Gasteiger partial charge in [-0.05, 0) is 49.3 Å². The number of carbonyl (C=O) groups is 1. The number of ether oxygens (including phenoxy) is 1. The van der Waals surface area contributed by atoms with Gasteiger partial charge in [0, 0.05) is 35.8 Å². The van der Waals surface area contributed by atoms with E-state index in [-0.39, 0.29) is 12.7 Å². The van der Waals surface area contributed by atoms with Gasteiger partial charge in [-0.3, -0.25) is 4.40 Å². The second-order valence-electron chi connectivity index (χ2n) is 9.78. The predicted molar refractivity (Wildman–Crippen MR) is 144 cm³/mol. The number of nitrogens with zero attached hydrogens (tertiary/aromatic N) is 3. The molecule has 0 bridgehead atoms. The smallest absolute Gasteiger partial charge is 0.407 e. The highest BCUT2D eigenvalue weighted by molar-refractivity contribution is 5.91. The summed E-state index contributed by atoms with van der Waals surface area (Å²) in [6.45, 7) is 0.906. The Labute approximate surface area is 214 Å². The number of alkyl carbamates (subject to hydrolysis) is 1. The Balaban J connectivity index is 1.13. The van der Waals surface area contributed by atoms with Gasteiger partial charge < -0.3 is 20.8 Å². The molecule has 0 saturated heterocycles. The normalized spacial score (nSPS) is 17.7. The summed E-state index contributed by atoms with van der Waals surface area (Å²) in [5.41, 5.74) is 11.0. The lowest BCUT2D eigenvalue weighted by Crippen LogP contribution is -2.31. The minimum absolute atomic E-state index is 0.281. The lowest BCUT2D eigenvalue weighted by Gasteiger charge is -2.27. The second-order valence-corrected chi connectivity index (χ2v) is 9.78. The summed E-state index contributed by atoms with van der Waals surface area (Å²) in [7, 11) is 0. The molecule has 1 saturated carbocycles. The van der Waals surface area contributed by atoms with E-state index in [1.165, 1.54) is 0 Å². The number of aromatic amines is 1. The van der Waals surface area contributed by atoms with Gasteiger partial charge in [-0.1, -0.05) is 48.5 Å². The molecular weight excluding hydrogens is 464 g/mol. The molecular formula is C29H30N6O2. The molecule has 0 aliphatic heterocycles. The number of hydrogen-bond donors (Lipinski definition) is 3. The number of benzene rings is 2. The van der Waals surface area contributed by atoms with Crippen molar-refractivity contribution in [3.8, 4) is 11.4 Å². The highest BCUT2D eigenvalue weighted by Crippen LogP contribution is 2.38. The number of para-hydroxylation sites is 1. The van der Waals surface area contributed by atoms with E-state index in [0.29, 0.717) is 24.2 Å². The molecule has 8 heteroatoms. The number of carbonyl (C=O) groups excluding carboxylic acids is 1. The maximum Gasteiger partial charge on any atom is 0.407 e. The standard InChI is InChI=1S/C29H30N6O2/c30-27-26-25(24-16-22-8-4-5-9-23(22)33-24)34-28(35(26)15-14-31-27)21-12-10-19(11-13-21)17-32-29(36)37-18-20-6-2-1-3-7-20/h1-9,14-16,19,21,33H,10-13,17-18H2,(H2,30,31)(H,32,36). The third kappa shape index (κ3) is 4.74. The molecule has 0 radical (unpaired) electrons. The lowest BCUT2D eigenvalue weighted by molar-refractivity contribution is 0.136. The van der Waals surface area contributed by atoms with E-state index in [1.54, 1.807) is 6.20 Å². The van der Waals surface area contributed by atoms with Crippen LogP contribution in [0.15, 0.2) is 73.1 Å². The first kappa shape index (κ1) is 23.1. The van der Waals surface area contributed by atoms with Crippen molar-refractivity contribution >= 4 is 28.3 Å². The number of H-pyrrole nitrogens is 1. The predicted octanol–water partition coefficient (Wildman–Crippen LogP) is 5.66. The molecule has 37 heavy (non-hydrogen) atoms. The van der Waals surface area contributed by atoms with Crippen LogP contribution in [-0.4, -0.2) is 32.0 Å². The van der Waals surface area contributed by atoms with Crippen LogP contribution in [0.1, 0.15) is 43.0 Å². The van der Waals surface area contributed by atoms with Crippen LogP contribution in [0.2, 0.25) is 0 Å². The van der Waals surface area contributed by atoms with Crippen molar-refractivity contribution in [3.63, 3.8) is 0 Å². The van der Waals surface area contributed by atoms with E-state index >= 15 is 0 Å². The molecule has 3 heterocycles. The summed E-state index contributed by atoms with van der Waals surface area (Å²) < 4.78 is 7.46. The van der Waals surface area contributed by atoms with E-state index in [4.69, 9.17) is 15.5 Å². The zero-order chi connectivity index (χ0) is 25.2. The van der Waals surface area contributed by atoms with Crippen molar-refractivity contribution in [2.24, 2.45) is 5.92 Å². The van der Waals surface area contributed by atoms with Crippen molar-refractivity contribution in [1.82, 2.24) is 24.7 Å². The first-order valence-corrected chi connectivity index (χ1v) is 12.8. The summed E-state index contributed by atoms with van der Waals surface area (Å²) >= 11 is 0. The van der Waals surface area contributed by atoms with Crippen LogP contribution in [0, 0.1) is 5.92 Å². The maximum absolute atomic E-state index is 12.2. The monoisotopic (exact) mass is 494 g/mol. The molecule has 1 fully saturated rings. The molecule has 6 rings (SSSR count). The fraction of sp³-hybridized carbons (Fsp3) is 0.276. The van der Waals surface area contributed by atoms with Crippen LogP contribution in [0.5, 0.6) is 0 Å². The van der Waals surface area contributed by atoms with Crippen molar-refractivity contribution in [2.45, 2.75) is 38.2 Å². The van der Waals surface area contributed by atoms with E-state index in [0.717, 1.165) is 64.9 Å². The molecule has 4 N–H and O–H groups in total. The quantitative estimate of drug-likeness (QED) is 0.282. The summed E-state index contributed by atoms with van der Waals surface area (Å²) in [6.07, 6.45) is 7.35. The number of imidazole rings is 1. The molecule has 0 spiro atoms. The van der Waals surface area contributed by atoms with Gasteiger partial charge >= 0.3 is 6.09 Å². The SMILES string of the molecule is Nc1nccn2c(C3CCC(CNC(=O)OCc4ccccc4)CC3)nc(-c3cc4ccccc4[nH]3)c12. The van der Waals surface area contributed by atoms with Crippen LogP contribution in [-0.2, 0) is 11.3 Å². The Hall–Kier alpha value is -4.33. The van der Waals surface area contributed by atoms with Gasteiger partial charge in [-0.15, -0.1) is 0 Å². The third-order valence-electron chi connectivity index (χ3n) is 7.36. The Kier molecular flexibility index (Phi) is 6.22. The number of hydrogen-bond acceptors (Lipinski definition) is 5. The Morgan fingerprint density at radius 2 is 1.86 bits per heavy atom. The van der Waals surface area contributed by atoms with Crippen LogP contribution in [0.3, 0.4) is 0 Å². The van der Waals surface area contributed by atoms with E-state index in [2.05, 4.69) is 37.9 Å². The largest absolute Gasteiger partial charge is 0.445 e. The van der Waals surface area contributed by atoms with E-state index in [9.17, 15) is 4.79 Å². The third-order valence-corrected chi connectivity index (χ3v) is 7.36. The second kappa shape index (κ2) is 9.97. The molecule has 3 aromatic heterocycles. The molecule has 5 aromatic rings. The Bertz CT molecular complexity index is 1500. The summed E-state index contributed by atoms with van der Waals surface area (Å²) in [4.78, 5) is 25.1. The highest BCUT2D eigenvalue weighted by Gasteiger charge is 2.28. The zero-order valence-electron chi connectivity index (χ0n) is 20.6. The molecule has 0 atom stereocenters.